The van der Waals surface area contributed by atoms with E-state index in [9.17, 15) is 0 Å². The fourth-order valence-electron chi connectivity index (χ4n) is 12.7. The molecule has 17 aromatic rings. The first kappa shape index (κ1) is 110. The van der Waals surface area contributed by atoms with Crippen LogP contribution in [-0.4, -0.2) is 59.4 Å². The van der Waals surface area contributed by atoms with E-state index in [1.807, 2.05) is 275 Å². The number of hydrogen-bond acceptors (Lipinski definition) is 13. The van der Waals surface area contributed by atoms with Gasteiger partial charge in [0.2, 0.25) is 25.3 Å². The van der Waals surface area contributed by atoms with Gasteiger partial charge in [-0.2, -0.15) is 0 Å². The summed E-state index contributed by atoms with van der Waals surface area (Å²) in [5, 5.41) is 11.5. The minimum atomic E-state index is 0.792. The van der Waals surface area contributed by atoms with Crippen LogP contribution in [0.3, 0.4) is 0 Å². The highest BCUT2D eigenvalue weighted by Crippen LogP contribution is 2.39. The Bertz CT molecular complexity index is 5560. The first-order chi connectivity index (χ1) is 59.5. The second-order valence-electron chi connectivity index (χ2n) is 24.1. The zero-order valence-corrected chi connectivity index (χ0v) is 82.8. The molecule has 9 aromatic heterocycles. The second-order valence-corrected chi connectivity index (χ2v) is 25.2. The van der Waals surface area contributed by atoms with Gasteiger partial charge in [-0.1, -0.05) is 298 Å². The van der Waals surface area contributed by atoms with E-state index in [4.69, 9.17) is 4.42 Å². The molecule has 17 rings (SSSR count). The number of para-hydroxylation sites is 2. The number of aromatic nitrogens is 17. The maximum absolute atomic E-state index is 5.96. The van der Waals surface area contributed by atoms with Crippen molar-refractivity contribution in [2.45, 2.75) is 228 Å². The van der Waals surface area contributed by atoms with E-state index >= 15 is 0 Å². The standard InChI is InChI=1S/C18H17N4.C17H14N3O.C17H14N3S.C16H17N2.C9H10N5.13C2H6/c1-12-8-15-13-6-4-5-7-16(13)22(3)17(15)9-14(12)18-20-10-19-11-21(18)2;2*1-11-7-14-12-5-3-4-6-15(12)21-16(14)8-13(11)17-19-9-18-10-20(17)2;1-10-6-5-7-13-11(2)12(3)14-8-17-9-18(4)16(14)15(10)13;1-7-3-10-4-12-8(7)9-13-5-11-6-14(9)2;13*1-2/h4-11H,1-3H3;2*3-10H,1-2H3;5-9H,1-4H3;3-6H,1-2H3;13*1-2H3/q5*+1;;;;;;;;;;;;;. The fourth-order valence-corrected chi connectivity index (χ4v) is 13.8. The number of benzene rings is 8. The van der Waals surface area contributed by atoms with E-state index in [1.165, 1.54) is 115 Å². The number of thiophene rings is 1. The van der Waals surface area contributed by atoms with Crippen LogP contribution >= 0.6 is 11.3 Å². The minimum absolute atomic E-state index is 0.792. The molecule has 0 saturated heterocycles. The molecule has 8 aromatic carbocycles. The van der Waals surface area contributed by atoms with Gasteiger partial charge >= 0.3 is 0 Å². The third kappa shape index (κ3) is 27.7. The minimum Gasteiger partial charge on any atom is -0.456 e. The van der Waals surface area contributed by atoms with Crippen LogP contribution in [0.5, 0.6) is 0 Å². The summed E-state index contributed by atoms with van der Waals surface area (Å²) in [6.07, 6.45) is 20.4. The molecule has 0 spiro atoms. The monoisotopic (exact) mass is 1670 g/mol. The molecule has 9 heterocycles. The summed E-state index contributed by atoms with van der Waals surface area (Å²) in [6.45, 7) is 66.9. The van der Waals surface area contributed by atoms with Crippen molar-refractivity contribution in [1.29, 1.82) is 0 Å². The van der Waals surface area contributed by atoms with Gasteiger partial charge in [-0.3, -0.25) is 0 Å². The topological polar surface area (TPSA) is 179 Å². The van der Waals surface area contributed by atoms with Crippen molar-refractivity contribution in [2.75, 3.05) is 0 Å². The molecule has 0 amide bonds. The van der Waals surface area contributed by atoms with Gasteiger partial charge in [0.25, 0.3) is 54.9 Å². The van der Waals surface area contributed by atoms with Crippen LogP contribution in [0.1, 0.15) is 219 Å². The highest BCUT2D eigenvalue weighted by molar-refractivity contribution is 7.25. The van der Waals surface area contributed by atoms with Crippen molar-refractivity contribution in [3.8, 4) is 45.7 Å². The molecular weight excluding hydrogens is 1520 g/mol. The molecule has 0 radical (unpaired) electrons. The van der Waals surface area contributed by atoms with Gasteiger partial charge in [0.05, 0.1) is 57.3 Å². The van der Waals surface area contributed by atoms with E-state index in [0.717, 1.165) is 67.6 Å². The zero-order chi connectivity index (χ0) is 92.9. The Morgan fingerprint density at radius 3 is 1.19 bits per heavy atom. The number of furan rings is 1. The van der Waals surface area contributed by atoms with Crippen molar-refractivity contribution < 1.29 is 27.3 Å². The summed E-state index contributed by atoms with van der Waals surface area (Å²) < 4.78 is 20.6. The predicted molar refractivity (Wildman–Crippen MR) is 525 cm³/mol. The summed E-state index contributed by atoms with van der Waals surface area (Å²) >= 11 is 1.83. The lowest BCUT2D eigenvalue weighted by molar-refractivity contribution is -0.666. The van der Waals surface area contributed by atoms with E-state index in [0.29, 0.717) is 0 Å². The number of aryl methyl sites for hydroxylation is 13. The molecule has 0 saturated carbocycles. The highest BCUT2D eigenvalue weighted by atomic mass is 32.1. The molecule has 0 bridgehead atoms. The Labute approximate surface area is 737 Å². The molecule has 0 fully saturated rings. The number of fused-ring (bicyclic) bond motifs is 12. The lowest BCUT2D eigenvalue weighted by Crippen LogP contribution is -2.32. The summed E-state index contributed by atoms with van der Waals surface area (Å²) in [7, 11) is 12.0. The van der Waals surface area contributed by atoms with Gasteiger partial charge in [0.1, 0.15) is 28.7 Å². The summed E-state index contributed by atoms with van der Waals surface area (Å²) in [4.78, 5) is 45.9. The quantitative estimate of drug-likeness (QED) is 0.120. The second kappa shape index (κ2) is 60.7. The van der Waals surface area contributed by atoms with E-state index < -0.39 is 0 Å². The maximum atomic E-state index is 5.96. The Morgan fingerprint density at radius 1 is 0.287 bits per heavy atom. The normalized spacial score (nSPS) is 9.43. The molecule has 654 valence electrons. The molecular formula is C103H150N17OS+5. The average molecular weight is 1670 g/mol. The lowest BCUT2D eigenvalue weighted by Gasteiger charge is -2.12. The Hall–Kier alpha value is -11.7. The van der Waals surface area contributed by atoms with Crippen molar-refractivity contribution >= 4 is 96.9 Å². The molecule has 0 N–H and O–H groups in total. The van der Waals surface area contributed by atoms with Crippen LogP contribution in [0, 0.1) is 48.5 Å². The molecule has 122 heavy (non-hydrogen) atoms. The van der Waals surface area contributed by atoms with Crippen LogP contribution in [0.15, 0.2) is 207 Å². The van der Waals surface area contributed by atoms with Crippen LogP contribution in [-0.2, 0) is 42.3 Å². The first-order valence-electron chi connectivity index (χ1n) is 44.4. The summed E-state index contributed by atoms with van der Waals surface area (Å²) in [5.41, 5.74) is 18.4. The van der Waals surface area contributed by atoms with E-state index in [-0.39, 0.29) is 0 Å². The van der Waals surface area contributed by atoms with Crippen molar-refractivity contribution in [3.63, 3.8) is 0 Å². The van der Waals surface area contributed by atoms with E-state index in [2.05, 4.69) is 229 Å². The van der Waals surface area contributed by atoms with Gasteiger partial charge in [-0.25, -0.2) is 32.8 Å². The largest absolute Gasteiger partial charge is 0.456 e. The fraction of sp³-hybridized carbons (Fsp3) is 0.379. The Balaban J connectivity index is 0.00000141. The Kier molecular flexibility index (Phi) is 54.9. The van der Waals surface area contributed by atoms with Gasteiger partial charge in [0.15, 0.2) is 6.20 Å². The number of nitrogens with zero attached hydrogens (tertiary/aromatic N) is 17. The first-order valence-corrected chi connectivity index (χ1v) is 45.2. The Morgan fingerprint density at radius 2 is 0.689 bits per heavy atom. The smallest absolute Gasteiger partial charge is 0.292 e. The molecule has 0 unspecified atom stereocenters. The lowest BCUT2D eigenvalue weighted by atomic mass is 9.94. The summed E-state index contributed by atoms with van der Waals surface area (Å²) in [6, 6.07) is 44.9. The van der Waals surface area contributed by atoms with Crippen molar-refractivity contribution in [1.82, 2.24) is 59.4 Å². The SMILES string of the molecule is CC.CC.CC.CC.CC.CC.CC.CC.CC.CC.CC.CC.CC.Cc1c(C)c2cnc[n+](C)c2c2c(C)cccc12.Cc1cc2c(cc1-c1ncnc[n+]1C)oc1ccccc12.Cc1cc2c(cc1-c1ncnc[n+]1C)sc1ccccc12.Cc1cc2c3ccccc3n(C)c2cc1-c1ncnc[n+]1C.Cc1cncnc1-c1ncnc[n+]1C. The van der Waals surface area contributed by atoms with Gasteiger partial charge < -0.3 is 8.98 Å². The molecule has 0 atom stereocenters. The van der Waals surface area contributed by atoms with Crippen LogP contribution in [0.2, 0.25) is 0 Å². The molecule has 18 nitrogen and oxygen atoms in total. The highest BCUT2D eigenvalue weighted by Gasteiger charge is 2.22. The third-order valence-corrected chi connectivity index (χ3v) is 18.9. The van der Waals surface area contributed by atoms with Gasteiger partial charge in [0, 0.05) is 71.4 Å². The molecule has 0 aliphatic carbocycles. The van der Waals surface area contributed by atoms with E-state index in [1.54, 1.807) is 50.5 Å². The third-order valence-electron chi connectivity index (χ3n) is 17.8. The van der Waals surface area contributed by atoms with Crippen LogP contribution in [0.4, 0.5) is 0 Å². The van der Waals surface area contributed by atoms with Gasteiger partial charge in [-0.15, -0.1) is 11.3 Å². The zero-order valence-electron chi connectivity index (χ0n) is 82.0. The van der Waals surface area contributed by atoms with Crippen LogP contribution in [0.25, 0.3) is 131 Å². The number of hydrogen-bond donors (Lipinski definition) is 0. The summed E-state index contributed by atoms with van der Waals surface area (Å²) in [5.74, 6) is 3.55. The number of rotatable bonds is 4. The van der Waals surface area contributed by atoms with Gasteiger partial charge in [-0.05, 0) is 147 Å². The van der Waals surface area contributed by atoms with Crippen molar-refractivity contribution in [2.24, 2.45) is 42.3 Å². The molecule has 0 aliphatic heterocycles. The molecule has 19 heteroatoms. The molecule has 0 aliphatic rings. The van der Waals surface area contributed by atoms with Crippen LogP contribution < -0.4 is 22.8 Å². The average Bonchev–Trinajstić information content (AvgIpc) is 1.34. The maximum Gasteiger partial charge on any atom is 0.292 e. The predicted octanol–water partition coefficient (Wildman–Crippen LogP) is 26.3. The van der Waals surface area contributed by atoms with Crippen molar-refractivity contribution in [3.05, 3.63) is 242 Å².